The molecule has 4 rings (SSSR count). The molecule has 1 unspecified atom stereocenters. The standard InChI is InChI=1S/C22H20FNO3/c1-27-20-12-5-2-7-14(20)15-13-21(26)24(17-9-4-3-8-16(17)23)18-10-6-11-19(25)22(15)18/h2-5,7-9,12,15H,6,10-11,13H2,1H3. The maximum absolute atomic E-state index is 14.4. The Balaban J connectivity index is 1.90. The first-order chi connectivity index (χ1) is 13.1. The number of carbonyl (C=O) groups excluding carboxylic acids is 2. The average Bonchev–Trinajstić information content (AvgIpc) is 2.68. The Morgan fingerprint density at radius 1 is 1.04 bits per heavy atom. The molecular formula is C22H20FNO3. The van der Waals surface area contributed by atoms with Crippen LogP contribution in [0.25, 0.3) is 0 Å². The van der Waals surface area contributed by atoms with Gasteiger partial charge in [-0.1, -0.05) is 30.3 Å². The fourth-order valence-corrected chi connectivity index (χ4v) is 4.13. The molecule has 0 saturated heterocycles. The first-order valence-electron chi connectivity index (χ1n) is 9.08. The van der Waals surface area contributed by atoms with Crippen molar-refractivity contribution < 1.29 is 18.7 Å². The van der Waals surface area contributed by atoms with Gasteiger partial charge >= 0.3 is 0 Å². The van der Waals surface area contributed by atoms with Crippen molar-refractivity contribution in [2.24, 2.45) is 0 Å². The molecule has 0 radical (unpaired) electrons. The predicted molar refractivity (Wildman–Crippen MR) is 100 cm³/mol. The second-order valence-electron chi connectivity index (χ2n) is 6.82. The molecule has 2 aliphatic rings. The molecule has 0 fully saturated rings. The number of benzene rings is 2. The zero-order chi connectivity index (χ0) is 19.0. The Kier molecular flexibility index (Phi) is 4.52. The fraction of sp³-hybridized carbons (Fsp3) is 0.273. The minimum Gasteiger partial charge on any atom is -0.496 e. The third kappa shape index (κ3) is 2.93. The summed E-state index contributed by atoms with van der Waals surface area (Å²) < 4.78 is 19.9. The highest BCUT2D eigenvalue weighted by atomic mass is 19.1. The molecule has 27 heavy (non-hydrogen) atoms. The molecule has 0 aromatic heterocycles. The number of nitrogens with zero attached hydrogens (tertiary/aromatic N) is 1. The van der Waals surface area contributed by atoms with Gasteiger partial charge in [-0.15, -0.1) is 0 Å². The van der Waals surface area contributed by atoms with Crippen LogP contribution in [0.5, 0.6) is 5.75 Å². The number of carbonyl (C=O) groups is 2. The lowest BCUT2D eigenvalue weighted by molar-refractivity contribution is -0.120. The number of ether oxygens (including phenoxy) is 1. The molecule has 0 bridgehead atoms. The summed E-state index contributed by atoms with van der Waals surface area (Å²) in [6.45, 7) is 0. The number of rotatable bonds is 3. The number of ketones is 1. The van der Waals surface area contributed by atoms with E-state index in [4.69, 9.17) is 4.74 Å². The van der Waals surface area contributed by atoms with E-state index in [1.165, 1.54) is 11.0 Å². The van der Waals surface area contributed by atoms with Crippen molar-refractivity contribution in [1.29, 1.82) is 0 Å². The van der Waals surface area contributed by atoms with Crippen molar-refractivity contribution in [2.45, 2.75) is 31.6 Å². The average molecular weight is 365 g/mol. The van der Waals surface area contributed by atoms with E-state index in [9.17, 15) is 14.0 Å². The van der Waals surface area contributed by atoms with Crippen LogP contribution in [0.2, 0.25) is 0 Å². The van der Waals surface area contributed by atoms with Crippen molar-refractivity contribution in [3.05, 3.63) is 71.2 Å². The van der Waals surface area contributed by atoms with Crippen LogP contribution >= 0.6 is 0 Å². The third-order valence-corrected chi connectivity index (χ3v) is 5.28. The molecule has 1 aliphatic carbocycles. The molecule has 0 saturated carbocycles. The van der Waals surface area contributed by atoms with E-state index in [2.05, 4.69) is 0 Å². The molecule has 0 N–H and O–H groups in total. The number of methoxy groups -OCH3 is 1. The molecule has 1 aliphatic heterocycles. The Morgan fingerprint density at radius 2 is 1.78 bits per heavy atom. The van der Waals surface area contributed by atoms with Gasteiger partial charge in [-0.3, -0.25) is 14.5 Å². The van der Waals surface area contributed by atoms with Crippen LogP contribution in [0, 0.1) is 5.82 Å². The Bertz CT molecular complexity index is 950. The topological polar surface area (TPSA) is 46.6 Å². The summed E-state index contributed by atoms with van der Waals surface area (Å²) in [6, 6.07) is 13.7. The fourth-order valence-electron chi connectivity index (χ4n) is 4.13. The summed E-state index contributed by atoms with van der Waals surface area (Å²) in [4.78, 5) is 27.3. The summed E-state index contributed by atoms with van der Waals surface area (Å²) in [5.74, 6) is -0.351. The lowest BCUT2D eigenvalue weighted by Gasteiger charge is -2.38. The van der Waals surface area contributed by atoms with Crippen LogP contribution in [0.4, 0.5) is 10.1 Å². The van der Waals surface area contributed by atoms with Gasteiger partial charge in [-0.25, -0.2) is 4.39 Å². The van der Waals surface area contributed by atoms with Gasteiger partial charge in [-0.2, -0.15) is 0 Å². The monoisotopic (exact) mass is 365 g/mol. The van der Waals surface area contributed by atoms with Crippen molar-refractivity contribution >= 4 is 17.4 Å². The van der Waals surface area contributed by atoms with Gasteiger partial charge in [0.1, 0.15) is 11.6 Å². The normalized spacial score (nSPS) is 19.9. The summed E-state index contributed by atoms with van der Waals surface area (Å²) in [5.41, 5.74) is 2.28. The van der Waals surface area contributed by atoms with E-state index in [0.717, 1.165) is 5.56 Å². The molecule has 1 amide bonds. The molecular weight excluding hydrogens is 345 g/mol. The van der Waals surface area contributed by atoms with Crippen molar-refractivity contribution in [1.82, 2.24) is 0 Å². The summed E-state index contributed by atoms with van der Waals surface area (Å²) in [6.07, 6.45) is 1.80. The van der Waals surface area contributed by atoms with Gasteiger partial charge in [0.2, 0.25) is 5.91 Å². The number of para-hydroxylation sites is 2. The lowest BCUT2D eigenvalue weighted by Crippen LogP contribution is -2.41. The predicted octanol–water partition coefficient (Wildman–Crippen LogP) is 4.36. The number of allylic oxidation sites excluding steroid dienone is 2. The lowest BCUT2D eigenvalue weighted by atomic mass is 9.77. The van der Waals surface area contributed by atoms with Crippen LogP contribution in [0.3, 0.4) is 0 Å². The Morgan fingerprint density at radius 3 is 2.56 bits per heavy atom. The summed E-state index contributed by atoms with van der Waals surface area (Å²) in [7, 11) is 1.58. The van der Waals surface area contributed by atoms with Crippen molar-refractivity contribution in [2.75, 3.05) is 12.0 Å². The number of anilines is 1. The maximum atomic E-state index is 14.4. The maximum Gasteiger partial charge on any atom is 0.232 e. The van der Waals surface area contributed by atoms with Crippen LogP contribution in [0.15, 0.2) is 59.8 Å². The SMILES string of the molecule is COc1ccccc1C1CC(=O)N(c2ccccc2F)C2=C1C(=O)CCC2. The minimum absolute atomic E-state index is 0.0287. The first-order valence-corrected chi connectivity index (χ1v) is 9.08. The van der Waals surface area contributed by atoms with Gasteiger partial charge in [0.15, 0.2) is 5.78 Å². The molecule has 1 heterocycles. The largest absolute Gasteiger partial charge is 0.496 e. The van der Waals surface area contributed by atoms with E-state index in [1.54, 1.807) is 25.3 Å². The van der Waals surface area contributed by atoms with Crippen LogP contribution < -0.4 is 9.64 Å². The van der Waals surface area contributed by atoms with E-state index in [-0.39, 0.29) is 29.7 Å². The number of amides is 1. The number of Topliss-reactive ketones (excluding diaryl/α,β-unsaturated/α-hetero) is 1. The highest BCUT2D eigenvalue weighted by molar-refractivity contribution is 6.07. The molecule has 2 aromatic rings. The summed E-state index contributed by atoms with van der Waals surface area (Å²) >= 11 is 0. The highest BCUT2D eigenvalue weighted by Crippen LogP contribution is 2.45. The van der Waals surface area contributed by atoms with E-state index in [0.29, 0.717) is 36.3 Å². The second-order valence-corrected chi connectivity index (χ2v) is 6.82. The van der Waals surface area contributed by atoms with Gasteiger partial charge in [0, 0.05) is 35.6 Å². The van der Waals surface area contributed by atoms with E-state index in [1.807, 2.05) is 24.3 Å². The zero-order valence-corrected chi connectivity index (χ0v) is 15.1. The van der Waals surface area contributed by atoms with Gasteiger partial charge in [0.25, 0.3) is 0 Å². The number of hydrogen-bond donors (Lipinski definition) is 0. The molecule has 138 valence electrons. The molecule has 2 aromatic carbocycles. The Hall–Kier alpha value is -2.95. The Labute approximate surface area is 157 Å². The van der Waals surface area contributed by atoms with E-state index >= 15 is 0 Å². The van der Waals surface area contributed by atoms with Crippen molar-refractivity contribution in [3.63, 3.8) is 0 Å². The van der Waals surface area contributed by atoms with Gasteiger partial charge in [0.05, 0.1) is 12.8 Å². The van der Waals surface area contributed by atoms with Crippen molar-refractivity contribution in [3.8, 4) is 5.75 Å². The quantitative estimate of drug-likeness (QED) is 0.812. The van der Waals surface area contributed by atoms with E-state index < -0.39 is 5.82 Å². The van der Waals surface area contributed by atoms with Gasteiger partial charge < -0.3 is 4.74 Å². The highest BCUT2D eigenvalue weighted by Gasteiger charge is 2.41. The van der Waals surface area contributed by atoms with Crippen LogP contribution in [0.1, 0.15) is 37.2 Å². The molecule has 4 nitrogen and oxygen atoms in total. The third-order valence-electron chi connectivity index (χ3n) is 5.28. The number of halogens is 1. The van der Waals surface area contributed by atoms with Gasteiger partial charge in [-0.05, 0) is 31.0 Å². The molecule has 1 atom stereocenters. The molecule has 0 spiro atoms. The summed E-state index contributed by atoms with van der Waals surface area (Å²) in [5, 5.41) is 0. The van der Waals surface area contributed by atoms with Crippen LogP contribution in [-0.4, -0.2) is 18.8 Å². The number of hydrogen-bond acceptors (Lipinski definition) is 3. The smallest absolute Gasteiger partial charge is 0.232 e. The zero-order valence-electron chi connectivity index (χ0n) is 15.1. The second kappa shape index (κ2) is 6.99. The first kappa shape index (κ1) is 17.5. The van der Waals surface area contributed by atoms with Crippen LogP contribution in [-0.2, 0) is 9.59 Å². The minimum atomic E-state index is -0.466. The molecule has 5 heteroatoms.